The van der Waals surface area contributed by atoms with Gasteiger partial charge in [-0.15, -0.1) is 11.3 Å². The Morgan fingerprint density at radius 3 is 2.77 bits per heavy atom. The van der Waals surface area contributed by atoms with E-state index in [0.717, 1.165) is 24.8 Å². The minimum atomic E-state index is -0.143. The first-order valence-corrected chi connectivity index (χ1v) is 6.38. The highest BCUT2D eigenvalue weighted by Crippen LogP contribution is 2.37. The first kappa shape index (κ1) is 9.62. The maximum Gasteiger partial charge on any atom is 0.141 e. The minimum absolute atomic E-state index is 0.143. The van der Waals surface area contributed by atoms with Gasteiger partial charge in [-0.05, 0) is 22.0 Å². The lowest BCUT2D eigenvalue weighted by Crippen LogP contribution is -1.71. The molecule has 0 saturated heterocycles. The van der Waals surface area contributed by atoms with Crippen LogP contribution in [0.1, 0.15) is 4.88 Å². The topological polar surface area (TPSA) is 0 Å². The van der Waals surface area contributed by atoms with E-state index >= 15 is 0 Å². The van der Waals surface area contributed by atoms with Crippen molar-refractivity contribution in [3.05, 3.63) is 33.4 Å². The summed E-state index contributed by atoms with van der Waals surface area (Å²) in [5.41, 5.74) is 0. The van der Waals surface area contributed by atoms with E-state index in [1.54, 1.807) is 6.07 Å². The van der Waals surface area contributed by atoms with Crippen molar-refractivity contribution < 1.29 is 4.39 Å². The number of fused-ring (bicyclic) bond motifs is 1. The average molecular weight is 324 g/mol. The summed E-state index contributed by atoms with van der Waals surface area (Å²) in [6.45, 7) is 0. The van der Waals surface area contributed by atoms with Crippen LogP contribution in [0.25, 0.3) is 10.1 Å². The summed E-state index contributed by atoms with van der Waals surface area (Å²) in [7, 11) is 0. The molecule has 0 aliphatic rings. The van der Waals surface area contributed by atoms with Crippen LogP contribution in [0, 0.1) is 5.82 Å². The molecule has 0 aliphatic carbocycles. The minimum Gasteiger partial charge on any atom is -0.205 e. The SMILES string of the molecule is Fc1cccc2c(Br)c(CBr)sc12. The maximum absolute atomic E-state index is 13.3. The summed E-state index contributed by atoms with van der Waals surface area (Å²) in [6, 6.07) is 5.14. The zero-order valence-corrected chi connectivity index (χ0v) is 10.5. The molecule has 0 bridgehead atoms. The second kappa shape index (κ2) is 3.67. The Kier molecular flexibility index (Phi) is 2.72. The number of benzene rings is 1. The smallest absolute Gasteiger partial charge is 0.141 e. The van der Waals surface area contributed by atoms with E-state index in [1.165, 1.54) is 17.4 Å². The molecule has 1 heterocycles. The first-order chi connectivity index (χ1) is 6.24. The Morgan fingerprint density at radius 2 is 2.15 bits per heavy atom. The van der Waals surface area contributed by atoms with Crippen LogP contribution in [-0.4, -0.2) is 0 Å². The number of hydrogen-bond acceptors (Lipinski definition) is 1. The molecule has 0 saturated carbocycles. The quantitative estimate of drug-likeness (QED) is 0.667. The van der Waals surface area contributed by atoms with E-state index in [4.69, 9.17) is 0 Å². The molecule has 68 valence electrons. The molecular formula is C9H5Br2FS. The van der Waals surface area contributed by atoms with Crippen LogP contribution in [0.3, 0.4) is 0 Å². The summed E-state index contributed by atoms with van der Waals surface area (Å²) in [5.74, 6) is -0.143. The van der Waals surface area contributed by atoms with Crippen molar-refractivity contribution in [3.8, 4) is 0 Å². The van der Waals surface area contributed by atoms with Crippen molar-refractivity contribution >= 4 is 53.3 Å². The normalized spacial score (nSPS) is 11.0. The molecule has 0 atom stereocenters. The third kappa shape index (κ3) is 1.55. The molecule has 2 aromatic rings. The lowest BCUT2D eigenvalue weighted by Gasteiger charge is -1.90. The van der Waals surface area contributed by atoms with E-state index < -0.39 is 0 Å². The van der Waals surface area contributed by atoms with Crippen LogP contribution < -0.4 is 0 Å². The van der Waals surface area contributed by atoms with Gasteiger partial charge in [0.15, 0.2) is 0 Å². The van der Waals surface area contributed by atoms with Crippen LogP contribution in [0.2, 0.25) is 0 Å². The van der Waals surface area contributed by atoms with Gasteiger partial charge in [0.25, 0.3) is 0 Å². The van der Waals surface area contributed by atoms with Gasteiger partial charge in [0.05, 0.1) is 4.70 Å². The zero-order chi connectivity index (χ0) is 9.42. The number of hydrogen-bond donors (Lipinski definition) is 0. The molecule has 0 fully saturated rings. The largest absolute Gasteiger partial charge is 0.205 e. The molecule has 0 unspecified atom stereocenters. The molecule has 0 amide bonds. The van der Waals surface area contributed by atoms with Crippen molar-refractivity contribution in [1.82, 2.24) is 0 Å². The van der Waals surface area contributed by atoms with Gasteiger partial charge in [-0.2, -0.15) is 0 Å². The molecule has 1 aromatic heterocycles. The van der Waals surface area contributed by atoms with Gasteiger partial charge in [0.1, 0.15) is 5.82 Å². The molecule has 2 rings (SSSR count). The van der Waals surface area contributed by atoms with E-state index in [9.17, 15) is 4.39 Å². The Labute approximate surface area is 96.0 Å². The van der Waals surface area contributed by atoms with E-state index in [1.807, 2.05) is 6.07 Å². The fraction of sp³-hybridized carbons (Fsp3) is 0.111. The van der Waals surface area contributed by atoms with Crippen molar-refractivity contribution in [2.75, 3.05) is 0 Å². The second-order valence-corrected chi connectivity index (χ2v) is 5.05. The molecule has 1 aromatic carbocycles. The van der Waals surface area contributed by atoms with E-state index in [0.29, 0.717) is 0 Å². The Balaban J connectivity index is 2.83. The molecule has 0 nitrogen and oxygen atoms in total. The van der Waals surface area contributed by atoms with Crippen molar-refractivity contribution in [1.29, 1.82) is 0 Å². The Hall–Kier alpha value is 0.0700. The zero-order valence-electron chi connectivity index (χ0n) is 6.48. The number of halogens is 3. The number of alkyl halides is 1. The summed E-state index contributed by atoms with van der Waals surface area (Å²) >= 11 is 8.31. The highest BCUT2D eigenvalue weighted by molar-refractivity contribution is 9.11. The van der Waals surface area contributed by atoms with Gasteiger partial charge in [-0.1, -0.05) is 28.1 Å². The standard InChI is InChI=1S/C9H5Br2FS/c10-4-7-8(11)5-2-1-3-6(12)9(5)13-7/h1-3H,4H2. The molecule has 0 N–H and O–H groups in total. The highest BCUT2D eigenvalue weighted by atomic mass is 79.9. The average Bonchev–Trinajstić information content (AvgIpc) is 2.45. The molecular weight excluding hydrogens is 319 g/mol. The van der Waals surface area contributed by atoms with Crippen molar-refractivity contribution in [3.63, 3.8) is 0 Å². The molecule has 13 heavy (non-hydrogen) atoms. The van der Waals surface area contributed by atoms with Gasteiger partial charge < -0.3 is 0 Å². The van der Waals surface area contributed by atoms with Crippen LogP contribution in [0.15, 0.2) is 22.7 Å². The van der Waals surface area contributed by atoms with Crippen LogP contribution in [-0.2, 0) is 5.33 Å². The second-order valence-electron chi connectivity index (χ2n) is 2.59. The number of rotatable bonds is 1. The van der Waals surface area contributed by atoms with E-state index in [-0.39, 0.29) is 5.82 Å². The predicted octanol–water partition coefficient (Wildman–Crippen LogP) is 4.70. The predicted molar refractivity (Wildman–Crippen MR) is 62.1 cm³/mol. The van der Waals surface area contributed by atoms with Crippen LogP contribution >= 0.6 is 43.2 Å². The third-order valence-electron chi connectivity index (χ3n) is 1.79. The fourth-order valence-corrected chi connectivity index (χ4v) is 3.98. The van der Waals surface area contributed by atoms with Crippen LogP contribution in [0.5, 0.6) is 0 Å². The van der Waals surface area contributed by atoms with E-state index in [2.05, 4.69) is 31.9 Å². The number of thiophene rings is 1. The van der Waals surface area contributed by atoms with Crippen LogP contribution in [0.4, 0.5) is 4.39 Å². The van der Waals surface area contributed by atoms with Crippen molar-refractivity contribution in [2.45, 2.75) is 5.33 Å². The van der Waals surface area contributed by atoms with Gasteiger partial charge in [-0.3, -0.25) is 0 Å². The molecule has 4 heteroatoms. The molecule has 0 radical (unpaired) electrons. The molecule has 0 spiro atoms. The molecule has 0 aliphatic heterocycles. The lowest BCUT2D eigenvalue weighted by molar-refractivity contribution is 0.641. The first-order valence-electron chi connectivity index (χ1n) is 3.65. The Bertz CT molecular complexity index is 450. The highest BCUT2D eigenvalue weighted by Gasteiger charge is 2.10. The third-order valence-corrected chi connectivity index (χ3v) is 5.11. The van der Waals surface area contributed by atoms with Gasteiger partial charge in [-0.25, -0.2) is 4.39 Å². The summed E-state index contributed by atoms with van der Waals surface area (Å²) < 4.78 is 15.0. The van der Waals surface area contributed by atoms with Gasteiger partial charge >= 0.3 is 0 Å². The summed E-state index contributed by atoms with van der Waals surface area (Å²) in [5, 5.41) is 1.71. The monoisotopic (exact) mass is 322 g/mol. The maximum atomic E-state index is 13.3. The summed E-state index contributed by atoms with van der Waals surface area (Å²) in [4.78, 5) is 1.13. The van der Waals surface area contributed by atoms with Gasteiger partial charge in [0, 0.05) is 20.1 Å². The fourth-order valence-electron chi connectivity index (χ4n) is 1.19. The van der Waals surface area contributed by atoms with Crippen molar-refractivity contribution in [2.24, 2.45) is 0 Å². The lowest BCUT2D eigenvalue weighted by atomic mass is 10.2. The Morgan fingerprint density at radius 1 is 1.38 bits per heavy atom. The van der Waals surface area contributed by atoms with Gasteiger partial charge in [0.2, 0.25) is 0 Å². The summed E-state index contributed by atoms with van der Waals surface area (Å²) in [6.07, 6.45) is 0.